The van der Waals surface area contributed by atoms with Crippen molar-refractivity contribution in [2.24, 2.45) is 5.73 Å². The Morgan fingerprint density at radius 1 is 1.13 bits per heavy atom. The first-order valence-electron chi connectivity index (χ1n) is 7.45. The summed E-state index contributed by atoms with van der Waals surface area (Å²) < 4.78 is 0. The number of hydrogen-bond donors (Lipinski definition) is 2. The first-order valence-corrected chi connectivity index (χ1v) is 8.26. The summed E-state index contributed by atoms with van der Waals surface area (Å²) in [5.41, 5.74) is 7.14. The molecule has 0 bridgehead atoms. The summed E-state index contributed by atoms with van der Waals surface area (Å²) in [6.45, 7) is 3.43. The second-order valence-corrected chi connectivity index (χ2v) is 6.36. The predicted octanol–water partition coefficient (Wildman–Crippen LogP) is 3.72. The van der Waals surface area contributed by atoms with Crippen LogP contribution in [0, 0.1) is 0 Å². The number of rotatable bonds is 6. The molecular weight excluding hydrogens is 308 g/mol. The maximum atomic E-state index is 11.8. The highest BCUT2D eigenvalue weighted by atomic mass is 32.2. The van der Waals surface area contributed by atoms with Gasteiger partial charge in [0.2, 0.25) is 5.91 Å². The monoisotopic (exact) mass is 328 g/mol. The van der Waals surface area contributed by atoms with Gasteiger partial charge in [0.25, 0.3) is 0 Å². The van der Waals surface area contributed by atoms with Gasteiger partial charge in [-0.3, -0.25) is 9.59 Å². The first kappa shape index (κ1) is 17.2. The fourth-order valence-electron chi connectivity index (χ4n) is 1.95. The van der Waals surface area contributed by atoms with Gasteiger partial charge in [0.15, 0.2) is 5.78 Å². The molecule has 0 aromatic heterocycles. The van der Waals surface area contributed by atoms with Gasteiger partial charge in [-0.15, -0.1) is 0 Å². The first-order chi connectivity index (χ1) is 11.0. The molecule has 2 aromatic carbocycles. The molecule has 4 nitrogen and oxygen atoms in total. The second-order valence-electron chi connectivity index (χ2n) is 5.21. The Morgan fingerprint density at radius 2 is 1.83 bits per heavy atom. The van der Waals surface area contributed by atoms with Gasteiger partial charge in [0.05, 0.1) is 6.04 Å². The van der Waals surface area contributed by atoms with Crippen LogP contribution in [0.3, 0.4) is 0 Å². The van der Waals surface area contributed by atoms with Crippen molar-refractivity contribution in [2.75, 3.05) is 5.32 Å². The van der Waals surface area contributed by atoms with E-state index >= 15 is 0 Å². The van der Waals surface area contributed by atoms with Crippen LogP contribution in [0.15, 0.2) is 58.3 Å². The van der Waals surface area contributed by atoms with Crippen molar-refractivity contribution in [2.45, 2.75) is 36.1 Å². The molecule has 2 rings (SSSR count). The molecule has 0 saturated carbocycles. The van der Waals surface area contributed by atoms with E-state index < -0.39 is 6.04 Å². The molecule has 3 N–H and O–H groups in total. The van der Waals surface area contributed by atoms with E-state index in [4.69, 9.17) is 5.73 Å². The fourth-order valence-corrected chi connectivity index (χ4v) is 2.83. The van der Waals surface area contributed by atoms with Gasteiger partial charge in [-0.05, 0) is 43.7 Å². The summed E-state index contributed by atoms with van der Waals surface area (Å²) >= 11 is 1.57. The van der Waals surface area contributed by atoms with Crippen LogP contribution in [0.1, 0.15) is 30.6 Å². The number of benzene rings is 2. The van der Waals surface area contributed by atoms with Crippen molar-refractivity contribution in [1.82, 2.24) is 0 Å². The van der Waals surface area contributed by atoms with Crippen LogP contribution in [0.25, 0.3) is 0 Å². The summed E-state index contributed by atoms with van der Waals surface area (Å²) in [7, 11) is 0. The standard InChI is InChI=1S/C18H20N2O2S/c1-3-17(19)18(22)20-14-5-4-6-16(11-14)23-15-9-7-13(8-10-15)12(2)21/h4-11,17H,3,19H2,1-2H3,(H,20,22). The molecule has 1 unspecified atom stereocenters. The summed E-state index contributed by atoms with van der Waals surface area (Å²) in [5, 5.41) is 2.82. The Kier molecular flexibility index (Phi) is 5.96. The van der Waals surface area contributed by atoms with Crippen LogP contribution in [0.5, 0.6) is 0 Å². The van der Waals surface area contributed by atoms with Gasteiger partial charge in [-0.1, -0.05) is 36.9 Å². The minimum absolute atomic E-state index is 0.0542. The highest BCUT2D eigenvalue weighted by Gasteiger charge is 2.11. The topological polar surface area (TPSA) is 72.2 Å². The Hall–Kier alpha value is -2.11. The van der Waals surface area contributed by atoms with E-state index in [1.54, 1.807) is 18.7 Å². The minimum atomic E-state index is -0.495. The Balaban J connectivity index is 2.07. The molecule has 120 valence electrons. The molecule has 0 radical (unpaired) electrons. The van der Waals surface area contributed by atoms with Crippen molar-refractivity contribution in [3.63, 3.8) is 0 Å². The van der Waals surface area contributed by atoms with E-state index in [-0.39, 0.29) is 11.7 Å². The summed E-state index contributed by atoms with van der Waals surface area (Å²) in [4.78, 5) is 25.2. The zero-order chi connectivity index (χ0) is 16.8. The maximum Gasteiger partial charge on any atom is 0.241 e. The lowest BCUT2D eigenvalue weighted by Crippen LogP contribution is -2.34. The van der Waals surface area contributed by atoms with E-state index in [9.17, 15) is 9.59 Å². The quantitative estimate of drug-likeness (QED) is 0.793. The maximum absolute atomic E-state index is 11.8. The van der Waals surface area contributed by atoms with Crippen molar-refractivity contribution in [1.29, 1.82) is 0 Å². The number of Topliss-reactive ketones (excluding diaryl/α,β-unsaturated/α-hetero) is 1. The average molecular weight is 328 g/mol. The summed E-state index contributed by atoms with van der Waals surface area (Å²) in [5.74, 6) is -0.126. The van der Waals surface area contributed by atoms with Gasteiger partial charge in [-0.2, -0.15) is 0 Å². The zero-order valence-corrected chi connectivity index (χ0v) is 14.0. The number of nitrogens with one attached hydrogen (secondary N) is 1. The number of hydrogen-bond acceptors (Lipinski definition) is 4. The van der Waals surface area contributed by atoms with Crippen molar-refractivity contribution in [3.05, 3.63) is 54.1 Å². The van der Waals surface area contributed by atoms with Crippen LogP contribution < -0.4 is 11.1 Å². The Labute approximate surface area is 140 Å². The van der Waals surface area contributed by atoms with E-state index in [0.717, 1.165) is 15.5 Å². The second kappa shape index (κ2) is 7.94. The van der Waals surface area contributed by atoms with Crippen molar-refractivity contribution >= 4 is 29.1 Å². The van der Waals surface area contributed by atoms with E-state index in [2.05, 4.69) is 5.32 Å². The normalized spacial score (nSPS) is 11.8. The predicted molar refractivity (Wildman–Crippen MR) is 93.9 cm³/mol. The number of ketones is 1. The number of amides is 1. The molecule has 0 saturated heterocycles. The van der Waals surface area contributed by atoms with Gasteiger partial charge >= 0.3 is 0 Å². The minimum Gasteiger partial charge on any atom is -0.325 e. The number of carbonyl (C=O) groups is 2. The molecule has 0 aliphatic carbocycles. The smallest absolute Gasteiger partial charge is 0.241 e. The largest absolute Gasteiger partial charge is 0.325 e. The molecule has 0 heterocycles. The molecule has 0 aliphatic heterocycles. The molecule has 2 aromatic rings. The average Bonchev–Trinajstić information content (AvgIpc) is 2.54. The van der Waals surface area contributed by atoms with Crippen molar-refractivity contribution in [3.8, 4) is 0 Å². The number of anilines is 1. The van der Waals surface area contributed by atoms with Crippen LogP contribution in [-0.4, -0.2) is 17.7 Å². The van der Waals surface area contributed by atoms with Crippen LogP contribution >= 0.6 is 11.8 Å². The molecule has 1 atom stereocenters. The van der Waals surface area contributed by atoms with Crippen LogP contribution in [0.2, 0.25) is 0 Å². The molecule has 23 heavy (non-hydrogen) atoms. The lowest BCUT2D eigenvalue weighted by Gasteiger charge is -2.11. The third-order valence-electron chi connectivity index (χ3n) is 3.37. The van der Waals surface area contributed by atoms with Gasteiger partial charge < -0.3 is 11.1 Å². The highest BCUT2D eigenvalue weighted by Crippen LogP contribution is 2.29. The Morgan fingerprint density at radius 3 is 2.43 bits per heavy atom. The Bertz CT molecular complexity index is 698. The summed E-state index contributed by atoms with van der Waals surface area (Å²) in [6.07, 6.45) is 0.600. The summed E-state index contributed by atoms with van der Waals surface area (Å²) in [6, 6.07) is 14.6. The molecule has 0 aliphatic rings. The van der Waals surface area contributed by atoms with Gasteiger partial charge in [0.1, 0.15) is 0 Å². The third kappa shape index (κ3) is 4.94. The van der Waals surface area contributed by atoms with E-state index in [0.29, 0.717) is 12.0 Å². The fraction of sp³-hybridized carbons (Fsp3) is 0.222. The molecule has 0 spiro atoms. The lowest BCUT2D eigenvalue weighted by molar-refractivity contribution is -0.117. The van der Waals surface area contributed by atoms with Crippen LogP contribution in [0.4, 0.5) is 5.69 Å². The number of carbonyl (C=O) groups excluding carboxylic acids is 2. The van der Waals surface area contributed by atoms with Gasteiger partial charge in [-0.25, -0.2) is 0 Å². The molecule has 5 heteroatoms. The molecular formula is C18H20N2O2S. The molecule has 0 fully saturated rings. The SMILES string of the molecule is CCC(N)C(=O)Nc1cccc(Sc2ccc(C(C)=O)cc2)c1. The highest BCUT2D eigenvalue weighted by molar-refractivity contribution is 7.99. The lowest BCUT2D eigenvalue weighted by atomic mass is 10.2. The zero-order valence-electron chi connectivity index (χ0n) is 13.2. The van der Waals surface area contributed by atoms with E-state index in [1.165, 1.54) is 0 Å². The third-order valence-corrected chi connectivity index (χ3v) is 4.37. The van der Waals surface area contributed by atoms with E-state index in [1.807, 2.05) is 55.5 Å². The molecule has 1 amide bonds. The van der Waals surface area contributed by atoms with Crippen LogP contribution in [-0.2, 0) is 4.79 Å². The van der Waals surface area contributed by atoms with Crippen molar-refractivity contribution < 1.29 is 9.59 Å². The van der Waals surface area contributed by atoms with Gasteiger partial charge in [0, 0.05) is 21.0 Å². The number of nitrogens with two attached hydrogens (primary N) is 1.